The van der Waals surface area contributed by atoms with Gasteiger partial charge in [0, 0.05) is 19.5 Å². The summed E-state index contributed by atoms with van der Waals surface area (Å²) in [5.74, 6) is -0.860. The smallest absolute Gasteiger partial charge is 0.322 e. The fourth-order valence-electron chi connectivity index (χ4n) is 1.60. The minimum atomic E-state index is -0.888. The number of hydrazine groups is 1. The van der Waals surface area contributed by atoms with Gasteiger partial charge in [0.25, 0.3) is 0 Å². The van der Waals surface area contributed by atoms with Crippen LogP contribution in [0.15, 0.2) is 0 Å². The fraction of sp³-hybridized carbons (Fsp3) is 0.778. The van der Waals surface area contributed by atoms with E-state index in [9.17, 15) is 9.59 Å². The second-order valence-corrected chi connectivity index (χ2v) is 3.44. The Morgan fingerprint density at radius 1 is 1.64 bits per heavy atom. The zero-order valence-corrected chi connectivity index (χ0v) is 8.56. The second-order valence-electron chi connectivity index (χ2n) is 3.44. The lowest BCUT2D eigenvalue weighted by atomic mass is 10.3. The summed E-state index contributed by atoms with van der Waals surface area (Å²) in [6.07, 6.45) is 1.27. The number of hydrogen-bond donors (Lipinski definition) is 1. The first-order chi connectivity index (χ1) is 6.57. The van der Waals surface area contributed by atoms with E-state index in [1.54, 1.807) is 16.9 Å². The molecule has 0 aliphatic carbocycles. The molecule has 1 rings (SSSR count). The predicted molar refractivity (Wildman–Crippen MR) is 50.4 cm³/mol. The van der Waals surface area contributed by atoms with E-state index in [1.807, 2.05) is 6.92 Å². The van der Waals surface area contributed by atoms with Gasteiger partial charge < -0.3 is 5.11 Å². The van der Waals surface area contributed by atoms with Crippen molar-refractivity contribution in [3.8, 4) is 0 Å². The van der Waals surface area contributed by atoms with Gasteiger partial charge in [-0.15, -0.1) is 0 Å². The van der Waals surface area contributed by atoms with Crippen molar-refractivity contribution < 1.29 is 14.7 Å². The number of carboxylic acids is 1. The van der Waals surface area contributed by atoms with Gasteiger partial charge >= 0.3 is 5.97 Å². The van der Waals surface area contributed by atoms with Crippen LogP contribution < -0.4 is 0 Å². The van der Waals surface area contributed by atoms with Crippen molar-refractivity contribution in [2.75, 3.05) is 13.1 Å². The van der Waals surface area contributed by atoms with Crippen LogP contribution >= 0.6 is 0 Å². The van der Waals surface area contributed by atoms with Gasteiger partial charge in [-0.1, -0.05) is 6.92 Å². The Labute approximate surface area is 83.3 Å². The minimum absolute atomic E-state index is 0.0277. The van der Waals surface area contributed by atoms with Gasteiger partial charge in [-0.05, 0) is 13.3 Å². The van der Waals surface area contributed by atoms with Crippen LogP contribution in [0.25, 0.3) is 0 Å². The Hall–Kier alpha value is -1.10. The average molecular weight is 200 g/mol. The maximum atomic E-state index is 11.4. The van der Waals surface area contributed by atoms with E-state index in [4.69, 9.17) is 5.11 Å². The molecule has 0 aromatic carbocycles. The van der Waals surface area contributed by atoms with Gasteiger partial charge in [-0.25, -0.2) is 5.01 Å². The number of amides is 1. The molecule has 0 radical (unpaired) electrons. The van der Waals surface area contributed by atoms with Crippen molar-refractivity contribution in [2.45, 2.75) is 32.7 Å². The molecule has 1 fully saturated rings. The standard InChI is InChI=1S/C9H16N2O3/c1-3-5-11-8(12)4-6-10(11)7(2)9(13)14/h7H,3-6H2,1-2H3,(H,13,14). The number of carboxylic acid groups (broad SMARTS) is 1. The Morgan fingerprint density at radius 3 is 2.79 bits per heavy atom. The first-order valence-electron chi connectivity index (χ1n) is 4.87. The zero-order valence-electron chi connectivity index (χ0n) is 8.56. The molecular formula is C9H16N2O3. The maximum Gasteiger partial charge on any atom is 0.322 e. The number of nitrogens with zero attached hydrogens (tertiary/aromatic N) is 2. The molecule has 1 unspecified atom stereocenters. The molecule has 1 N–H and O–H groups in total. The second kappa shape index (κ2) is 4.41. The van der Waals surface area contributed by atoms with E-state index in [1.165, 1.54) is 0 Å². The lowest BCUT2D eigenvalue weighted by molar-refractivity contribution is -0.154. The van der Waals surface area contributed by atoms with E-state index >= 15 is 0 Å². The average Bonchev–Trinajstić information content (AvgIpc) is 2.48. The van der Waals surface area contributed by atoms with Crippen LogP contribution in [0.1, 0.15) is 26.7 Å². The molecule has 1 aliphatic heterocycles. The first kappa shape index (κ1) is 11.0. The molecule has 80 valence electrons. The van der Waals surface area contributed by atoms with Crippen molar-refractivity contribution in [3.05, 3.63) is 0 Å². The largest absolute Gasteiger partial charge is 0.480 e. The van der Waals surface area contributed by atoms with Crippen LogP contribution in [0.3, 0.4) is 0 Å². The third-order valence-electron chi connectivity index (χ3n) is 2.39. The first-order valence-corrected chi connectivity index (χ1v) is 4.87. The van der Waals surface area contributed by atoms with Crippen LogP contribution in [-0.4, -0.2) is 46.1 Å². The third-order valence-corrected chi connectivity index (χ3v) is 2.39. The molecule has 1 amide bonds. The Bertz CT molecular complexity index is 242. The maximum absolute atomic E-state index is 11.4. The summed E-state index contributed by atoms with van der Waals surface area (Å²) in [6.45, 7) is 4.70. The van der Waals surface area contributed by atoms with Crippen LogP contribution in [0.2, 0.25) is 0 Å². The van der Waals surface area contributed by atoms with Gasteiger partial charge in [0.15, 0.2) is 0 Å². The molecule has 1 atom stereocenters. The highest BCUT2D eigenvalue weighted by Crippen LogP contribution is 2.15. The molecular weight excluding hydrogens is 184 g/mol. The molecule has 0 spiro atoms. The topological polar surface area (TPSA) is 60.9 Å². The van der Waals surface area contributed by atoms with Crippen molar-refractivity contribution in [1.82, 2.24) is 10.0 Å². The summed E-state index contributed by atoms with van der Waals surface area (Å²) in [7, 11) is 0. The van der Waals surface area contributed by atoms with Crippen molar-refractivity contribution in [3.63, 3.8) is 0 Å². The zero-order chi connectivity index (χ0) is 10.7. The quantitative estimate of drug-likeness (QED) is 0.710. The van der Waals surface area contributed by atoms with E-state index in [2.05, 4.69) is 0 Å². The number of hydrogen-bond acceptors (Lipinski definition) is 3. The van der Waals surface area contributed by atoms with E-state index in [0.717, 1.165) is 6.42 Å². The van der Waals surface area contributed by atoms with Gasteiger partial charge in [-0.2, -0.15) is 0 Å². The van der Waals surface area contributed by atoms with Gasteiger partial charge in [0.05, 0.1) is 0 Å². The van der Waals surface area contributed by atoms with Gasteiger partial charge in [-0.3, -0.25) is 14.6 Å². The van der Waals surface area contributed by atoms with Crippen LogP contribution in [-0.2, 0) is 9.59 Å². The van der Waals surface area contributed by atoms with Crippen LogP contribution in [0.5, 0.6) is 0 Å². The SMILES string of the molecule is CCCN1C(=O)CCN1C(C)C(=O)O. The summed E-state index contributed by atoms with van der Waals surface area (Å²) in [4.78, 5) is 22.2. The fourth-order valence-corrected chi connectivity index (χ4v) is 1.60. The molecule has 1 heterocycles. The van der Waals surface area contributed by atoms with Crippen molar-refractivity contribution in [1.29, 1.82) is 0 Å². The molecule has 1 saturated heterocycles. The molecule has 0 saturated carbocycles. The minimum Gasteiger partial charge on any atom is -0.480 e. The molecule has 5 nitrogen and oxygen atoms in total. The summed E-state index contributed by atoms with van der Waals surface area (Å²) < 4.78 is 0. The molecule has 1 aliphatic rings. The Morgan fingerprint density at radius 2 is 2.29 bits per heavy atom. The highest BCUT2D eigenvalue weighted by Gasteiger charge is 2.34. The summed E-state index contributed by atoms with van der Waals surface area (Å²) in [5.41, 5.74) is 0. The van der Waals surface area contributed by atoms with Crippen LogP contribution in [0.4, 0.5) is 0 Å². The summed E-state index contributed by atoms with van der Waals surface area (Å²) in [6, 6.07) is -0.618. The van der Waals surface area contributed by atoms with Gasteiger partial charge in [0.1, 0.15) is 6.04 Å². The number of carbonyl (C=O) groups is 2. The third kappa shape index (κ3) is 2.04. The lowest BCUT2D eigenvalue weighted by Gasteiger charge is -2.30. The van der Waals surface area contributed by atoms with Crippen molar-refractivity contribution >= 4 is 11.9 Å². The molecule has 0 aromatic heterocycles. The number of rotatable bonds is 4. The lowest BCUT2D eigenvalue weighted by Crippen LogP contribution is -2.47. The van der Waals surface area contributed by atoms with Crippen LogP contribution in [0, 0.1) is 0 Å². The van der Waals surface area contributed by atoms with E-state index < -0.39 is 12.0 Å². The summed E-state index contributed by atoms with van der Waals surface area (Å²) >= 11 is 0. The highest BCUT2D eigenvalue weighted by molar-refractivity contribution is 5.79. The highest BCUT2D eigenvalue weighted by atomic mass is 16.4. The molecule has 0 bridgehead atoms. The predicted octanol–water partition coefficient (Wildman–Crippen LogP) is 0.319. The molecule has 0 aromatic rings. The van der Waals surface area contributed by atoms with Crippen molar-refractivity contribution in [2.24, 2.45) is 0 Å². The normalized spacial score (nSPS) is 20.1. The molecule has 14 heavy (non-hydrogen) atoms. The Balaban J connectivity index is 2.68. The monoisotopic (exact) mass is 200 g/mol. The van der Waals surface area contributed by atoms with Gasteiger partial charge in [0.2, 0.25) is 5.91 Å². The summed E-state index contributed by atoms with van der Waals surface area (Å²) in [5, 5.41) is 12.0. The van der Waals surface area contributed by atoms with E-state index in [-0.39, 0.29) is 5.91 Å². The number of carbonyl (C=O) groups excluding carboxylic acids is 1. The van der Waals surface area contributed by atoms with E-state index in [0.29, 0.717) is 19.5 Å². The molecule has 5 heteroatoms. The number of aliphatic carboxylic acids is 1. The Kier molecular flexibility index (Phi) is 3.46.